The summed E-state index contributed by atoms with van der Waals surface area (Å²) >= 11 is 0. The number of nitrogens with zero attached hydrogens (tertiary/aromatic N) is 3. The Labute approximate surface area is 117 Å². The van der Waals surface area contributed by atoms with Gasteiger partial charge < -0.3 is 10.4 Å². The lowest BCUT2D eigenvalue weighted by atomic mass is 10.1. The molecule has 106 valence electrons. The van der Waals surface area contributed by atoms with Gasteiger partial charge in [0.15, 0.2) is 0 Å². The zero-order valence-corrected chi connectivity index (χ0v) is 11.8. The molecule has 1 amide bonds. The van der Waals surface area contributed by atoms with E-state index in [-0.39, 0.29) is 12.5 Å². The van der Waals surface area contributed by atoms with Gasteiger partial charge in [-0.2, -0.15) is 0 Å². The summed E-state index contributed by atoms with van der Waals surface area (Å²) < 4.78 is 1.40. The molecule has 0 saturated carbocycles. The summed E-state index contributed by atoms with van der Waals surface area (Å²) in [5.41, 5.74) is 3.40. The summed E-state index contributed by atoms with van der Waals surface area (Å²) in [5, 5.41) is 19.8. The van der Waals surface area contributed by atoms with Gasteiger partial charge in [0.2, 0.25) is 5.91 Å². The Morgan fingerprint density at radius 1 is 1.45 bits per heavy atom. The number of benzene rings is 1. The fourth-order valence-corrected chi connectivity index (χ4v) is 1.87. The van der Waals surface area contributed by atoms with Crippen molar-refractivity contribution >= 4 is 11.6 Å². The fraction of sp³-hybridized carbons (Fsp3) is 0.357. The minimum absolute atomic E-state index is 0.0625. The van der Waals surface area contributed by atoms with E-state index in [1.807, 2.05) is 32.0 Å². The van der Waals surface area contributed by atoms with E-state index >= 15 is 0 Å². The Morgan fingerprint density at radius 2 is 2.20 bits per heavy atom. The highest BCUT2D eigenvalue weighted by atomic mass is 16.3. The van der Waals surface area contributed by atoms with Crippen LogP contribution in [0.15, 0.2) is 24.4 Å². The number of carbonyl (C=O) groups is 1. The summed E-state index contributed by atoms with van der Waals surface area (Å²) in [7, 11) is 0. The number of aliphatic hydroxyl groups excluding tert-OH is 1. The monoisotopic (exact) mass is 274 g/mol. The lowest BCUT2D eigenvalue weighted by molar-refractivity contribution is -0.116. The zero-order valence-electron chi connectivity index (χ0n) is 11.8. The largest absolute Gasteiger partial charge is 0.387 e. The van der Waals surface area contributed by atoms with E-state index in [0.29, 0.717) is 5.69 Å². The quantitative estimate of drug-likeness (QED) is 0.887. The molecule has 0 fully saturated rings. The van der Waals surface area contributed by atoms with Crippen molar-refractivity contribution in [1.82, 2.24) is 15.0 Å². The van der Waals surface area contributed by atoms with Crippen molar-refractivity contribution in [3.05, 3.63) is 41.2 Å². The van der Waals surface area contributed by atoms with Gasteiger partial charge in [0.1, 0.15) is 12.2 Å². The number of hydrogen-bond donors (Lipinski definition) is 2. The third kappa shape index (κ3) is 3.42. The number of hydrogen-bond acceptors (Lipinski definition) is 4. The first-order valence-corrected chi connectivity index (χ1v) is 6.41. The molecule has 0 spiro atoms. The van der Waals surface area contributed by atoms with Crippen LogP contribution in [0, 0.1) is 13.8 Å². The molecule has 0 aliphatic carbocycles. The standard InChI is InChI=1S/C14H18N4O2/c1-9-4-5-12(10(2)6-9)15-14(20)8-18-7-13(11(3)19)16-17-18/h4-7,11,19H,8H2,1-3H3,(H,15,20). The van der Waals surface area contributed by atoms with Gasteiger partial charge in [-0.1, -0.05) is 22.9 Å². The van der Waals surface area contributed by atoms with Gasteiger partial charge in [0, 0.05) is 5.69 Å². The first kappa shape index (κ1) is 14.2. The normalized spacial score (nSPS) is 12.2. The minimum Gasteiger partial charge on any atom is -0.387 e. The van der Waals surface area contributed by atoms with Crippen molar-refractivity contribution in [3.8, 4) is 0 Å². The van der Waals surface area contributed by atoms with Crippen LogP contribution in [0.1, 0.15) is 29.8 Å². The van der Waals surface area contributed by atoms with Gasteiger partial charge in [0.25, 0.3) is 0 Å². The van der Waals surface area contributed by atoms with Crippen LogP contribution < -0.4 is 5.32 Å². The van der Waals surface area contributed by atoms with Gasteiger partial charge in [-0.25, -0.2) is 4.68 Å². The van der Waals surface area contributed by atoms with Crippen LogP contribution >= 0.6 is 0 Å². The maximum atomic E-state index is 11.9. The summed E-state index contributed by atoms with van der Waals surface area (Å²) in [6.07, 6.45) is 0.873. The molecule has 6 nitrogen and oxygen atoms in total. The van der Waals surface area contributed by atoms with Crippen molar-refractivity contribution < 1.29 is 9.90 Å². The molecule has 6 heteroatoms. The molecule has 1 aromatic heterocycles. The number of carbonyl (C=O) groups excluding carboxylic acids is 1. The third-order valence-corrected chi connectivity index (χ3v) is 2.95. The summed E-state index contributed by atoms with van der Waals surface area (Å²) in [6, 6.07) is 5.84. The Morgan fingerprint density at radius 3 is 2.80 bits per heavy atom. The lowest BCUT2D eigenvalue weighted by Crippen LogP contribution is -2.19. The smallest absolute Gasteiger partial charge is 0.246 e. The molecule has 0 aliphatic heterocycles. The topological polar surface area (TPSA) is 80.0 Å². The van der Waals surface area contributed by atoms with E-state index in [2.05, 4.69) is 15.6 Å². The van der Waals surface area contributed by atoms with E-state index in [4.69, 9.17) is 0 Å². The highest BCUT2D eigenvalue weighted by Gasteiger charge is 2.10. The molecule has 20 heavy (non-hydrogen) atoms. The number of amides is 1. The second kappa shape index (κ2) is 5.83. The van der Waals surface area contributed by atoms with Gasteiger partial charge in [-0.05, 0) is 32.4 Å². The van der Waals surface area contributed by atoms with Gasteiger partial charge >= 0.3 is 0 Å². The second-order valence-electron chi connectivity index (χ2n) is 4.88. The molecule has 1 unspecified atom stereocenters. The predicted molar refractivity (Wildman–Crippen MR) is 75.2 cm³/mol. The number of aryl methyl sites for hydroxylation is 2. The maximum Gasteiger partial charge on any atom is 0.246 e. The summed E-state index contributed by atoms with van der Waals surface area (Å²) in [5.74, 6) is -0.181. The van der Waals surface area contributed by atoms with Crippen molar-refractivity contribution in [3.63, 3.8) is 0 Å². The Kier molecular flexibility index (Phi) is 4.14. The molecule has 2 rings (SSSR count). The van der Waals surface area contributed by atoms with Crippen LogP contribution in [0.3, 0.4) is 0 Å². The summed E-state index contributed by atoms with van der Waals surface area (Å²) in [4.78, 5) is 11.9. The molecule has 1 aromatic carbocycles. The maximum absolute atomic E-state index is 11.9. The van der Waals surface area contributed by atoms with Crippen LogP contribution in [0.4, 0.5) is 5.69 Å². The first-order valence-electron chi connectivity index (χ1n) is 6.41. The lowest BCUT2D eigenvalue weighted by Gasteiger charge is -2.08. The molecular formula is C14H18N4O2. The van der Waals surface area contributed by atoms with Crippen LogP contribution in [0.25, 0.3) is 0 Å². The second-order valence-corrected chi connectivity index (χ2v) is 4.88. The highest BCUT2D eigenvalue weighted by Crippen LogP contribution is 2.16. The molecule has 0 bridgehead atoms. The first-order chi connectivity index (χ1) is 9.45. The summed E-state index contributed by atoms with van der Waals surface area (Å²) in [6.45, 7) is 5.62. The molecule has 2 N–H and O–H groups in total. The predicted octanol–water partition coefficient (Wildman–Crippen LogP) is 1.59. The van der Waals surface area contributed by atoms with Crippen molar-refractivity contribution in [1.29, 1.82) is 0 Å². The van der Waals surface area contributed by atoms with E-state index in [1.54, 1.807) is 13.1 Å². The van der Waals surface area contributed by atoms with Gasteiger partial charge in [-0.15, -0.1) is 5.10 Å². The van der Waals surface area contributed by atoms with Crippen LogP contribution in [0.2, 0.25) is 0 Å². The molecule has 1 heterocycles. The molecule has 2 aromatic rings. The molecular weight excluding hydrogens is 256 g/mol. The van der Waals surface area contributed by atoms with E-state index in [1.165, 1.54) is 4.68 Å². The van der Waals surface area contributed by atoms with E-state index < -0.39 is 6.10 Å². The van der Waals surface area contributed by atoms with Crippen LogP contribution in [-0.4, -0.2) is 26.0 Å². The SMILES string of the molecule is Cc1ccc(NC(=O)Cn2cc(C(C)O)nn2)c(C)c1. The molecule has 0 saturated heterocycles. The average molecular weight is 274 g/mol. The number of nitrogens with one attached hydrogen (secondary N) is 1. The van der Waals surface area contributed by atoms with E-state index in [9.17, 15) is 9.90 Å². The number of rotatable bonds is 4. The minimum atomic E-state index is -0.689. The van der Waals surface area contributed by atoms with Crippen LogP contribution in [-0.2, 0) is 11.3 Å². The van der Waals surface area contributed by atoms with Crippen molar-refractivity contribution in [2.75, 3.05) is 5.32 Å². The van der Waals surface area contributed by atoms with E-state index in [0.717, 1.165) is 16.8 Å². The average Bonchev–Trinajstić information content (AvgIpc) is 2.81. The third-order valence-electron chi connectivity index (χ3n) is 2.95. The zero-order chi connectivity index (χ0) is 14.7. The molecule has 0 radical (unpaired) electrons. The highest BCUT2D eigenvalue weighted by molar-refractivity contribution is 5.91. The number of aliphatic hydroxyl groups is 1. The molecule has 1 atom stereocenters. The van der Waals surface area contributed by atoms with Crippen LogP contribution in [0.5, 0.6) is 0 Å². The van der Waals surface area contributed by atoms with Crippen molar-refractivity contribution in [2.24, 2.45) is 0 Å². The Hall–Kier alpha value is -2.21. The Bertz CT molecular complexity index is 619. The van der Waals surface area contributed by atoms with Gasteiger partial charge in [0.05, 0.1) is 12.3 Å². The number of anilines is 1. The van der Waals surface area contributed by atoms with Gasteiger partial charge in [-0.3, -0.25) is 4.79 Å². The van der Waals surface area contributed by atoms with Crippen molar-refractivity contribution in [2.45, 2.75) is 33.4 Å². The fourth-order valence-electron chi connectivity index (χ4n) is 1.87. The molecule has 0 aliphatic rings. The number of aromatic nitrogens is 3. The Balaban J connectivity index is 2.01.